The van der Waals surface area contributed by atoms with Crippen molar-refractivity contribution in [2.24, 2.45) is 0 Å². The summed E-state index contributed by atoms with van der Waals surface area (Å²) in [7, 11) is 1.25. The highest BCUT2D eigenvalue weighted by Gasteiger charge is 2.22. The number of rotatable bonds is 1. The van der Waals surface area contributed by atoms with Crippen LogP contribution in [0.3, 0.4) is 0 Å². The number of ether oxygens (including phenoxy) is 1. The van der Waals surface area contributed by atoms with E-state index in [1.54, 1.807) is 6.07 Å². The number of nitrogens with zero attached hydrogens (tertiary/aromatic N) is 1. The van der Waals surface area contributed by atoms with Crippen LogP contribution in [0.5, 0.6) is 0 Å². The van der Waals surface area contributed by atoms with E-state index < -0.39 is 5.97 Å². The number of carbonyl (C=O) groups excluding carboxylic acids is 2. The van der Waals surface area contributed by atoms with Crippen molar-refractivity contribution >= 4 is 40.1 Å². The van der Waals surface area contributed by atoms with Crippen LogP contribution in [-0.2, 0) is 9.53 Å². The summed E-state index contributed by atoms with van der Waals surface area (Å²) >= 11 is 6.86. The summed E-state index contributed by atoms with van der Waals surface area (Å²) in [6.07, 6.45) is 0. The second-order valence-electron chi connectivity index (χ2n) is 2.99. The van der Waals surface area contributed by atoms with Crippen molar-refractivity contribution in [3.8, 4) is 0 Å². The van der Waals surface area contributed by atoms with Crippen LogP contribution in [0.2, 0.25) is 5.02 Å². The quantitative estimate of drug-likeness (QED) is 0.771. The molecule has 7 heteroatoms. The maximum atomic E-state index is 11.3. The normalized spacial score (nSPS) is 14.0. The van der Waals surface area contributed by atoms with E-state index in [1.807, 2.05) is 0 Å². The Morgan fingerprint density at radius 3 is 3.12 bits per heavy atom. The molecule has 2 heterocycles. The molecule has 0 saturated heterocycles. The van der Waals surface area contributed by atoms with Crippen molar-refractivity contribution in [3.05, 3.63) is 16.8 Å². The summed E-state index contributed by atoms with van der Waals surface area (Å²) in [5.41, 5.74) is 0.675. The standard InChI is InChI=1S/C9H7ClN2O3S/c1-15-9(14)7-4(10)2-5-8(12-7)16-6(13)3-11-5/h2,11H,3H2,1H3. The molecule has 5 nitrogen and oxygen atoms in total. The van der Waals surface area contributed by atoms with Gasteiger partial charge in [0.25, 0.3) is 0 Å². The lowest BCUT2D eigenvalue weighted by Crippen LogP contribution is -2.18. The fourth-order valence-electron chi connectivity index (χ4n) is 1.23. The van der Waals surface area contributed by atoms with Crippen molar-refractivity contribution in [1.82, 2.24) is 4.98 Å². The zero-order chi connectivity index (χ0) is 11.7. The molecule has 0 saturated carbocycles. The largest absolute Gasteiger partial charge is 0.464 e. The van der Waals surface area contributed by atoms with Gasteiger partial charge < -0.3 is 10.1 Å². The number of anilines is 1. The lowest BCUT2D eigenvalue weighted by Gasteiger charge is -2.16. The van der Waals surface area contributed by atoms with Gasteiger partial charge in [0, 0.05) is 0 Å². The molecule has 0 fully saturated rings. The van der Waals surface area contributed by atoms with Crippen molar-refractivity contribution in [2.45, 2.75) is 5.03 Å². The number of nitrogens with one attached hydrogen (secondary N) is 1. The molecule has 16 heavy (non-hydrogen) atoms. The van der Waals surface area contributed by atoms with Gasteiger partial charge in [0.2, 0.25) is 5.12 Å². The number of thioether (sulfide) groups is 1. The van der Waals surface area contributed by atoms with E-state index in [-0.39, 0.29) is 22.4 Å². The Bertz CT molecular complexity index is 478. The second-order valence-corrected chi connectivity index (χ2v) is 4.44. The fourth-order valence-corrected chi connectivity index (χ4v) is 2.19. The zero-order valence-electron chi connectivity index (χ0n) is 8.24. The van der Waals surface area contributed by atoms with Gasteiger partial charge in [-0.2, -0.15) is 0 Å². The van der Waals surface area contributed by atoms with Crippen molar-refractivity contribution in [3.63, 3.8) is 0 Å². The highest BCUT2D eigenvalue weighted by atomic mass is 35.5. The molecule has 0 spiro atoms. The third-order valence-electron chi connectivity index (χ3n) is 1.95. The lowest BCUT2D eigenvalue weighted by molar-refractivity contribution is -0.109. The number of carbonyl (C=O) groups is 2. The van der Waals surface area contributed by atoms with Gasteiger partial charge in [0.15, 0.2) is 5.69 Å². The minimum Gasteiger partial charge on any atom is -0.464 e. The number of hydrogen-bond donors (Lipinski definition) is 1. The molecule has 1 aliphatic rings. The van der Waals surface area contributed by atoms with Crippen molar-refractivity contribution in [1.29, 1.82) is 0 Å². The van der Waals surface area contributed by atoms with Gasteiger partial charge in [-0.25, -0.2) is 9.78 Å². The molecule has 1 aromatic heterocycles. The van der Waals surface area contributed by atoms with Crippen LogP contribution in [0.15, 0.2) is 11.1 Å². The molecule has 0 atom stereocenters. The number of esters is 1. The number of aromatic nitrogens is 1. The van der Waals surface area contributed by atoms with Gasteiger partial charge in [-0.1, -0.05) is 11.6 Å². The molecule has 1 aromatic rings. The molecular formula is C9H7ClN2O3S. The van der Waals surface area contributed by atoms with Crippen molar-refractivity contribution in [2.75, 3.05) is 19.0 Å². The minimum absolute atomic E-state index is 0.0203. The van der Waals surface area contributed by atoms with Gasteiger partial charge in [-0.15, -0.1) is 0 Å². The maximum Gasteiger partial charge on any atom is 0.358 e. The molecular weight excluding hydrogens is 252 g/mol. The first-order chi connectivity index (χ1) is 7.61. The van der Waals surface area contributed by atoms with Crippen LogP contribution in [0.4, 0.5) is 5.69 Å². The highest BCUT2D eigenvalue weighted by molar-refractivity contribution is 8.13. The predicted molar refractivity (Wildman–Crippen MR) is 59.9 cm³/mol. The van der Waals surface area contributed by atoms with E-state index in [1.165, 1.54) is 7.11 Å². The molecule has 0 bridgehead atoms. The zero-order valence-corrected chi connectivity index (χ0v) is 9.82. The smallest absolute Gasteiger partial charge is 0.358 e. The molecule has 0 radical (unpaired) electrons. The first-order valence-corrected chi connectivity index (χ1v) is 5.54. The lowest BCUT2D eigenvalue weighted by atomic mass is 10.3. The van der Waals surface area contributed by atoms with E-state index in [0.717, 1.165) is 11.8 Å². The molecule has 0 unspecified atom stereocenters. The fraction of sp³-hybridized carbons (Fsp3) is 0.222. The first kappa shape index (κ1) is 11.2. The van der Waals surface area contributed by atoms with Gasteiger partial charge in [0.05, 0.1) is 24.4 Å². The Labute approximate surface area is 101 Å². The average Bonchev–Trinajstić information content (AvgIpc) is 2.28. The monoisotopic (exact) mass is 258 g/mol. The highest BCUT2D eigenvalue weighted by Crippen LogP contribution is 2.33. The Hall–Kier alpha value is -1.27. The van der Waals surface area contributed by atoms with Gasteiger partial charge in [-0.05, 0) is 17.8 Å². The van der Waals surface area contributed by atoms with Gasteiger partial charge in [0.1, 0.15) is 5.03 Å². The second kappa shape index (κ2) is 4.31. The van der Waals surface area contributed by atoms with Crippen LogP contribution >= 0.6 is 23.4 Å². The van der Waals surface area contributed by atoms with Crippen LogP contribution < -0.4 is 5.32 Å². The molecule has 1 N–H and O–H groups in total. The van der Waals surface area contributed by atoms with Crippen LogP contribution in [0, 0.1) is 0 Å². The molecule has 1 aliphatic heterocycles. The molecule has 2 rings (SSSR count). The summed E-state index contributed by atoms with van der Waals surface area (Å²) in [4.78, 5) is 26.5. The van der Waals surface area contributed by atoms with Crippen LogP contribution in [-0.4, -0.2) is 29.7 Å². The van der Waals surface area contributed by atoms with Gasteiger partial charge in [-0.3, -0.25) is 4.79 Å². The summed E-state index contributed by atoms with van der Waals surface area (Å²) in [5.74, 6) is -0.619. The van der Waals surface area contributed by atoms with E-state index in [9.17, 15) is 9.59 Å². The Kier molecular flexibility index (Phi) is 3.02. The van der Waals surface area contributed by atoms with E-state index in [4.69, 9.17) is 11.6 Å². The number of hydrogen-bond acceptors (Lipinski definition) is 6. The molecule has 0 aromatic carbocycles. The van der Waals surface area contributed by atoms with E-state index in [0.29, 0.717) is 10.7 Å². The van der Waals surface area contributed by atoms with Crippen molar-refractivity contribution < 1.29 is 14.3 Å². The predicted octanol–water partition coefficient (Wildman–Crippen LogP) is 1.57. The average molecular weight is 259 g/mol. The topological polar surface area (TPSA) is 68.3 Å². The first-order valence-electron chi connectivity index (χ1n) is 4.35. The molecule has 0 amide bonds. The maximum absolute atomic E-state index is 11.3. The third kappa shape index (κ3) is 1.98. The number of halogens is 1. The minimum atomic E-state index is -0.619. The summed E-state index contributed by atoms with van der Waals surface area (Å²) in [5, 5.41) is 3.46. The summed E-state index contributed by atoms with van der Waals surface area (Å²) < 4.78 is 4.53. The Morgan fingerprint density at radius 1 is 1.69 bits per heavy atom. The Morgan fingerprint density at radius 2 is 2.44 bits per heavy atom. The van der Waals surface area contributed by atoms with E-state index >= 15 is 0 Å². The number of methoxy groups -OCH3 is 1. The Balaban J connectivity index is 2.46. The number of pyridine rings is 1. The van der Waals surface area contributed by atoms with E-state index in [2.05, 4.69) is 15.0 Å². The van der Waals surface area contributed by atoms with Gasteiger partial charge >= 0.3 is 5.97 Å². The van der Waals surface area contributed by atoms with Crippen LogP contribution in [0.1, 0.15) is 10.5 Å². The molecule has 84 valence electrons. The summed E-state index contributed by atoms with van der Waals surface area (Å²) in [6.45, 7) is 0.229. The molecule has 0 aliphatic carbocycles. The number of fused-ring (bicyclic) bond motifs is 1. The third-order valence-corrected chi connectivity index (χ3v) is 3.12. The SMILES string of the molecule is COC(=O)c1nc2c(cc1Cl)NCC(=O)S2. The summed E-state index contributed by atoms with van der Waals surface area (Å²) in [6, 6.07) is 1.57. The van der Waals surface area contributed by atoms with Crippen LogP contribution in [0.25, 0.3) is 0 Å².